The van der Waals surface area contributed by atoms with E-state index >= 15 is 0 Å². The van der Waals surface area contributed by atoms with Crippen LogP contribution in [0.2, 0.25) is 0 Å². The molecule has 0 spiro atoms. The number of nitrogens with zero attached hydrogens (tertiary/aromatic N) is 4. The van der Waals surface area contributed by atoms with E-state index in [9.17, 15) is 24.0 Å². The van der Waals surface area contributed by atoms with Gasteiger partial charge in [-0.25, -0.2) is 14.8 Å². The minimum absolute atomic E-state index is 0.184. The zero-order valence-corrected chi connectivity index (χ0v) is 22.2. The van der Waals surface area contributed by atoms with Crippen LogP contribution in [0.4, 0.5) is 0 Å². The third kappa shape index (κ3) is 6.70. The molecule has 0 saturated carbocycles. The van der Waals surface area contributed by atoms with Crippen LogP contribution in [-0.2, 0) is 31.7 Å². The number of hydrogen-bond acceptors (Lipinski definition) is 7. The first kappa shape index (κ1) is 28.0. The number of carbonyl (C=O) groups excluding carboxylic acids is 3. The molecule has 4 rings (SSSR count). The van der Waals surface area contributed by atoms with E-state index < -0.39 is 11.2 Å². The summed E-state index contributed by atoms with van der Waals surface area (Å²) >= 11 is 0. The summed E-state index contributed by atoms with van der Waals surface area (Å²) in [5.41, 5.74) is 1.40. The van der Waals surface area contributed by atoms with Gasteiger partial charge in [0.25, 0.3) is 17.4 Å². The minimum atomic E-state index is -0.459. The zero-order chi connectivity index (χ0) is 28.6. The number of amides is 3. The summed E-state index contributed by atoms with van der Waals surface area (Å²) in [6.45, 7) is 0.948. The Hall–Kier alpha value is -5.01. The normalized spacial score (nSPS) is 10.9. The standard InChI is InChI=1S/C26H31N9O5/c1-34-22-21(25(39)35(2)26(34)40)32-19(33-22)4-3-5-20(36)28-12-13-30-24(38)17-8-6-16(7-9-17)23(37)29-11-10-18-14-27-15-31-18/h6-9,14-15H,3-5,10-13H2,1-2H3,(H,27,31)(H,28,36)(H,29,37)(H,30,38)(H,32,33). The van der Waals surface area contributed by atoms with Crippen molar-refractivity contribution in [3.63, 3.8) is 0 Å². The average Bonchev–Trinajstić information content (AvgIpc) is 3.63. The van der Waals surface area contributed by atoms with Crippen LogP contribution in [-0.4, -0.2) is 66.4 Å². The fraction of sp³-hybridized carbons (Fsp3) is 0.346. The highest BCUT2D eigenvalue weighted by Crippen LogP contribution is 2.08. The molecule has 0 bridgehead atoms. The molecular weight excluding hydrogens is 518 g/mol. The van der Waals surface area contributed by atoms with Crippen LogP contribution in [0.1, 0.15) is 45.1 Å². The molecule has 5 N–H and O–H groups in total. The van der Waals surface area contributed by atoms with Crippen molar-refractivity contribution in [1.29, 1.82) is 0 Å². The second kappa shape index (κ2) is 12.7. The zero-order valence-electron chi connectivity index (χ0n) is 22.2. The number of aromatic nitrogens is 6. The van der Waals surface area contributed by atoms with Crippen LogP contribution in [0, 0.1) is 0 Å². The van der Waals surface area contributed by atoms with Gasteiger partial charge in [0.15, 0.2) is 5.65 Å². The summed E-state index contributed by atoms with van der Waals surface area (Å²) in [6.07, 6.45) is 5.06. The Morgan fingerprint density at radius 3 is 2.17 bits per heavy atom. The van der Waals surface area contributed by atoms with Gasteiger partial charge < -0.3 is 25.9 Å². The summed E-state index contributed by atoms with van der Waals surface area (Å²) < 4.78 is 2.31. The molecule has 0 aliphatic heterocycles. The number of fused-ring (bicyclic) bond motifs is 1. The fourth-order valence-electron chi connectivity index (χ4n) is 4.08. The van der Waals surface area contributed by atoms with Gasteiger partial charge in [-0.15, -0.1) is 0 Å². The maximum Gasteiger partial charge on any atom is 0.332 e. The summed E-state index contributed by atoms with van der Waals surface area (Å²) in [5, 5.41) is 8.30. The first-order chi connectivity index (χ1) is 19.2. The van der Waals surface area contributed by atoms with Crippen molar-refractivity contribution in [1.82, 2.24) is 45.0 Å². The van der Waals surface area contributed by atoms with E-state index in [1.807, 2.05) is 0 Å². The average molecular weight is 550 g/mol. The van der Waals surface area contributed by atoms with E-state index in [-0.39, 0.29) is 48.4 Å². The molecule has 0 aliphatic carbocycles. The van der Waals surface area contributed by atoms with Crippen LogP contribution in [0.15, 0.2) is 46.4 Å². The van der Waals surface area contributed by atoms with E-state index in [1.165, 1.54) is 11.6 Å². The lowest BCUT2D eigenvalue weighted by atomic mass is 10.1. The molecule has 0 aliphatic rings. The lowest BCUT2D eigenvalue weighted by molar-refractivity contribution is -0.121. The Balaban J connectivity index is 1.14. The van der Waals surface area contributed by atoms with E-state index in [4.69, 9.17) is 0 Å². The SMILES string of the molecule is Cn1c(=O)c2[nH]c(CCCC(=O)NCCNC(=O)c3ccc(C(=O)NCCc4cnc[nH]4)cc3)nc2n(C)c1=O. The summed E-state index contributed by atoms with van der Waals surface area (Å²) in [6, 6.07) is 6.32. The molecule has 40 heavy (non-hydrogen) atoms. The molecule has 3 aromatic heterocycles. The quantitative estimate of drug-likeness (QED) is 0.148. The molecule has 1 aromatic carbocycles. The van der Waals surface area contributed by atoms with Crippen LogP contribution in [0.5, 0.6) is 0 Å². The lowest BCUT2D eigenvalue weighted by Gasteiger charge is -2.08. The molecule has 0 fully saturated rings. The molecule has 0 unspecified atom stereocenters. The largest absolute Gasteiger partial charge is 0.354 e. The monoisotopic (exact) mass is 549 g/mol. The Bertz CT molecular complexity index is 1620. The van der Waals surface area contributed by atoms with Gasteiger partial charge in [-0.3, -0.25) is 28.3 Å². The van der Waals surface area contributed by atoms with Gasteiger partial charge in [-0.1, -0.05) is 0 Å². The predicted octanol–water partition coefficient (Wildman–Crippen LogP) is -0.475. The highest BCUT2D eigenvalue weighted by molar-refractivity contribution is 5.97. The summed E-state index contributed by atoms with van der Waals surface area (Å²) in [7, 11) is 2.95. The van der Waals surface area contributed by atoms with Crippen molar-refractivity contribution in [2.75, 3.05) is 19.6 Å². The number of aromatic amines is 2. The number of carbonyl (C=O) groups is 3. The van der Waals surface area contributed by atoms with Crippen LogP contribution >= 0.6 is 0 Å². The molecule has 14 heteroatoms. The smallest absolute Gasteiger partial charge is 0.332 e. The summed E-state index contributed by atoms with van der Waals surface area (Å²) in [4.78, 5) is 75.3. The van der Waals surface area contributed by atoms with Crippen molar-refractivity contribution in [2.45, 2.75) is 25.7 Å². The molecule has 0 radical (unpaired) electrons. The predicted molar refractivity (Wildman–Crippen MR) is 146 cm³/mol. The second-order valence-corrected chi connectivity index (χ2v) is 9.21. The molecular formula is C26H31N9O5. The first-order valence-corrected chi connectivity index (χ1v) is 12.8. The maximum atomic E-state index is 12.4. The number of rotatable bonds is 12. The van der Waals surface area contributed by atoms with Crippen molar-refractivity contribution in [3.8, 4) is 0 Å². The number of nitrogens with one attached hydrogen (secondary N) is 5. The van der Waals surface area contributed by atoms with Crippen molar-refractivity contribution < 1.29 is 14.4 Å². The Labute approximate surface area is 228 Å². The molecule has 0 saturated heterocycles. The highest BCUT2D eigenvalue weighted by atomic mass is 16.2. The van der Waals surface area contributed by atoms with Crippen LogP contribution in [0.3, 0.4) is 0 Å². The van der Waals surface area contributed by atoms with Crippen molar-refractivity contribution in [2.24, 2.45) is 14.1 Å². The molecule has 4 aromatic rings. The third-order valence-electron chi connectivity index (χ3n) is 6.34. The molecule has 0 atom stereocenters. The van der Waals surface area contributed by atoms with E-state index in [1.54, 1.807) is 43.8 Å². The topological polar surface area (TPSA) is 189 Å². The number of H-pyrrole nitrogens is 2. The maximum absolute atomic E-state index is 12.4. The van der Waals surface area contributed by atoms with Gasteiger partial charge in [0.05, 0.1) is 6.33 Å². The van der Waals surface area contributed by atoms with Crippen LogP contribution in [0.25, 0.3) is 11.2 Å². The molecule has 14 nitrogen and oxygen atoms in total. The van der Waals surface area contributed by atoms with Crippen molar-refractivity contribution >= 4 is 28.9 Å². The number of hydrogen-bond donors (Lipinski definition) is 5. The Kier molecular flexibility index (Phi) is 8.89. The van der Waals surface area contributed by atoms with Gasteiger partial charge in [0, 0.05) is 76.0 Å². The van der Waals surface area contributed by atoms with E-state index in [2.05, 4.69) is 35.9 Å². The fourth-order valence-corrected chi connectivity index (χ4v) is 4.08. The lowest BCUT2D eigenvalue weighted by Crippen LogP contribution is -2.36. The van der Waals surface area contributed by atoms with Gasteiger partial charge >= 0.3 is 5.69 Å². The van der Waals surface area contributed by atoms with Gasteiger partial charge in [-0.05, 0) is 30.7 Å². The van der Waals surface area contributed by atoms with E-state index in [0.717, 1.165) is 10.3 Å². The Morgan fingerprint density at radius 1 is 0.875 bits per heavy atom. The van der Waals surface area contributed by atoms with Gasteiger partial charge in [0.2, 0.25) is 5.91 Å². The van der Waals surface area contributed by atoms with Crippen LogP contribution < -0.4 is 27.2 Å². The first-order valence-electron chi connectivity index (χ1n) is 12.8. The minimum Gasteiger partial charge on any atom is -0.354 e. The van der Waals surface area contributed by atoms with Gasteiger partial charge in [-0.2, -0.15) is 0 Å². The van der Waals surface area contributed by atoms with Gasteiger partial charge in [0.1, 0.15) is 11.3 Å². The highest BCUT2D eigenvalue weighted by Gasteiger charge is 2.14. The number of imidazole rings is 2. The molecule has 3 amide bonds. The molecule has 3 heterocycles. The van der Waals surface area contributed by atoms with Crippen molar-refractivity contribution in [3.05, 3.63) is 80.3 Å². The number of benzene rings is 1. The third-order valence-corrected chi connectivity index (χ3v) is 6.34. The molecule has 210 valence electrons. The van der Waals surface area contributed by atoms with E-state index in [0.29, 0.717) is 42.8 Å². The second-order valence-electron chi connectivity index (χ2n) is 9.21. The summed E-state index contributed by atoms with van der Waals surface area (Å²) in [5.74, 6) is -0.210. The Morgan fingerprint density at radius 2 is 1.52 bits per heavy atom. The number of aryl methyl sites for hydroxylation is 2.